The molecule has 0 spiro atoms. The average molecular weight is 355 g/mol. The molecule has 1 aliphatic heterocycles. The molecular formula is C19H21N3O4. The summed E-state index contributed by atoms with van der Waals surface area (Å²) in [4.78, 5) is 14.7. The number of benzene rings is 1. The number of aryl methyl sites for hydroxylation is 2. The van der Waals surface area contributed by atoms with Gasteiger partial charge in [0, 0.05) is 18.5 Å². The molecule has 2 aromatic heterocycles. The van der Waals surface area contributed by atoms with Gasteiger partial charge in [0.1, 0.15) is 11.7 Å². The van der Waals surface area contributed by atoms with E-state index < -0.39 is 6.10 Å². The second-order valence-corrected chi connectivity index (χ2v) is 6.67. The Kier molecular flexibility index (Phi) is 4.26. The molecule has 0 unspecified atom stereocenters. The van der Waals surface area contributed by atoms with Crippen molar-refractivity contribution in [3.8, 4) is 0 Å². The first kappa shape index (κ1) is 16.8. The molecule has 136 valence electrons. The lowest BCUT2D eigenvalue weighted by atomic mass is 10.2. The molecule has 1 aromatic carbocycles. The SMILES string of the molecule is Cc1cccc2cc(C(=O)N3CCCn4nc([C@@H](O)CO)cc4C3)oc12. The van der Waals surface area contributed by atoms with Gasteiger partial charge in [0.05, 0.1) is 24.5 Å². The zero-order valence-corrected chi connectivity index (χ0v) is 14.6. The van der Waals surface area contributed by atoms with Gasteiger partial charge >= 0.3 is 0 Å². The van der Waals surface area contributed by atoms with E-state index in [2.05, 4.69) is 5.10 Å². The number of aromatic nitrogens is 2. The lowest BCUT2D eigenvalue weighted by molar-refractivity contribution is 0.0715. The van der Waals surface area contributed by atoms with Crippen LogP contribution in [0.4, 0.5) is 0 Å². The number of fused-ring (bicyclic) bond motifs is 2. The summed E-state index contributed by atoms with van der Waals surface area (Å²) >= 11 is 0. The highest BCUT2D eigenvalue weighted by molar-refractivity contribution is 5.96. The summed E-state index contributed by atoms with van der Waals surface area (Å²) in [5, 5.41) is 24.2. The zero-order valence-electron chi connectivity index (χ0n) is 14.6. The van der Waals surface area contributed by atoms with E-state index >= 15 is 0 Å². The number of para-hydroxylation sites is 1. The summed E-state index contributed by atoms with van der Waals surface area (Å²) in [6.45, 7) is 3.24. The maximum Gasteiger partial charge on any atom is 0.289 e. The second kappa shape index (κ2) is 6.59. The van der Waals surface area contributed by atoms with Crippen LogP contribution in [-0.2, 0) is 13.1 Å². The minimum atomic E-state index is -1.00. The van der Waals surface area contributed by atoms with E-state index in [9.17, 15) is 9.90 Å². The van der Waals surface area contributed by atoms with E-state index in [0.717, 1.165) is 28.6 Å². The van der Waals surface area contributed by atoms with Gasteiger partial charge in [-0.3, -0.25) is 9.48 Å². The molecule has 3 aromatic rings. The van der Waals surface area contributed by atoms with E-state index in [4.69, 9.17) is 9.52 Å². The number of carbonyl (C=O) groups is 1. The molecule has 7 nitrogen and oxygen atoms in total. The van der Waals surface area contributed by atoms with E-state index in [1.54, 1.807) is 21.7 Å². The largest absolute Gasteiger partial charge is 0.451 e. The number of nitrogens with zero attached hydrogens (tertiary/aromatic N) is 3. The van der Waals surface area contributed by atoms with Gasteiger partial charge in [0.15, 0.2) is 5.76 Å². The molecule has 0 bridgehead atoms. The van der Waals surface area contributed by atoms with Gasteiger partial charge in [0.25, 0.3) is 5.91 Å². The van der Waals surface area contributed by atoms with E-state index in [0.29, 0.717) is 31.1 Å². The van der Waals surface area contributed by atoms with Crippen molar-refractivity contribution in [2.75, 3.05) is 13.2 Å². The van der Waals surface area contributed by atoms with Crippen LogP contribution >= 0.6 is 0 Å². The number of hydrogen-bond acceptors (Lipinski definition) is 5. The predicted octanol–water partition coefficient (Wildman–Crippen LogP) is 2.01. The molecule has 1 amide bonds. The highest BCUT2D eigenvalue weighted by Crippen LogP contribution is 2.25. The first-order valence-corrected chi connectivity index (χ1v) is 8.71. The summed E-state index contributed by atoms with van der Waals surface area (Å²) in [6, 6.07) is 9.37. The quantitative estimate of drug-likeness (QED) is 0.750. The Bertz CT molecular complexity index is 959. The standard InChI is InChI=1S/C19H21N3O4/c1-12-4-2-5-13-8-17(26-18(12)13)19(25)21-6-3-7-22-14(10-21)9-15(20-22)16(24)11-23/h2,4-5,8-9,16,23-24H,3,6-7,10-11H2,1H3/t16-/m0/s1. The maximum absolute atomic E-state index is 13.0. The Hall–Kier alpha value is -2.64. The Labute approximate surface area is 150 Å². The topological polar surface area (TPSA) is 91.7 Å². The van der Waals surface area contributed by atoms with Crippen LogP contribution in [0.2, 0.25) is 0 Å². The Morgan fingerprint density at radius 3 is 2.96 bits per heavy atom. The van der Waals surface area contributed by atoms with Gasteiger partial charge in [-0.15, -0.1) is 0 Å². The second-order valence-electron chi connectivity index (χ2n) is 6.67. The third-order valence-corrected chi connectivity index (χ3v) is 4.79. The smallest absolute Gasteiger partial charge is 0.289 e. The van der Waals surface area contributed by atoms with Crippen LogP contribution in [0.1, 0.15) is 40.0 Å². The lowest BCUT2D eigenvalue weighted by Crippen LogP contribution is -2.30. The van der Waals surface area contributed by atoms with Crippen molar-refractivity contribution in [1.29, 1.82) is 0 Å². The van der Waals surface area contributed by atoms with Crippen LogP contribution in [0.5, 0.6) is 0 Å². The predicted molar refractivity (Wildman–Crippen MR) is 94.6 cm³/mol. The molecule has 2 N–H and O–H groups in total. The minimum absolute atomic E-state index is 0.153. The molecule has 0 fully saturated rings. The van der Waals surface area contributed by atoms with Gasteiger partial charge in [0.2, 0.25) is 0 Å². The fraction of sp³-hybridized carbons (Fsp3) is 0.368. The van der Waals surface area contributed by atoms with Crippen molar-refractivity contribution in [2.24, 2.45) is 0 Å². The number of carbonyl (C=O) groups excluding carboxylic acids is 1. The number of aliphatic hydroxyl groups excluding tert-OH is 2. The molecule has 0 aliphatic carbocycles. The van der Waals surface area contributed by atoms with Crippen LogP contribution in [0, 0.1) is 6.92 Å². The third kappa shape index (κ3) is 2.89. The van der Waals surface area contributed by atoms with Crippen LogP contribution in [0.15, 0.2) is 34.7 Å². The van der Waals surface area contributed by atoms with Crippen LogP contribution in [0.25, 0.3) is 11.0 Å². The first-order chi connectivity index (χ1) is 12.6. The average Bonchev–Trinajstić information content (AvgIpc) is 3.20. The summed E-state index contributed by atoms with van der Waals surface area (Å²) in [7, 11) is 0. The summed E-state index contributed by atoms with van der Waals surface area (Å²) in [5.41, 5.74) is 3.00. The highest BCUT2D eigenvalue weighted by atomic mass is 16.3. The van der Waals surface area contributed by atoms with Crippen molar-refractivity contribution in [2.45, 2.75) is 32.5 Å². The van der Waals surface area contributed by atoms with Crippen molar-refractivity contribution in [3.63, 3.8) is 0 Å². The lowest BCUT2D eigenvalue weighted by Gasteiger charge is -2.18. The number of hydrogen-bond donors (Lipinski definition) is 2. The molecule has 1 aliphatic rings. The van der Waals surface area contributed by atoms with Gasteiger partial charge in [-0.25, -0.2) is 0 Å². The van der Waals surface area contributed by atoms with Crippen molar-refractivity contribution in [1.82, 2.24) is 14.7 Å². The molecule has 7 heteroatoms. The van der Waals surface area contributed by atoms with Crippen LogP contribution in [-0.4, -0.2) is 44.0 Å². The van der Waals surface area contributed by atoms with Gasteiger partial charge in [-0.1, -0.05) is 18.2 Å². The molecule has 3 heterocycles. The first-order valence-electron chi connectivity index (χ1n) is 8.71. The summed E-state index contributed by atoms with van der Waals surface area (Å²) in [6.07, 6.45) is -0.245. The van der Waals surface area contributed by atoms with Crippen LogP contribution in [0.3, 0.4) is 0 Å². The highest BCUT2D eigenvalue weighted by Gasteiger charge is 2.25. The Balaban J connectivity index is 1.61. The zero-order chi connectivity index (χ0) is 18.3. The van der Waals surface area contributed by atoms with Gasteiger partial charge in [-0.2, -0.15) is 5.10 Å². The molecular weight excluding hydrogens is 334 g/mol. The third-order valence-electron chi connectivity index (χ3n) is 4.79. The summed E-state index contributed by atoms with van der Waals surface area (Å²) < 4.78 is 7.61. The molecule has 0 radical (unpaired) electrons. The van der Waals surface area contributed by atoms with E-state index in [1.807, 2.05) is 25.1 Å². The van der Waals surface area contributed by atoms with Crippen molar-refractivity contribution < 1.29 is 19.4 Å². The molecule has 1 atom stereocenters. The summed E-state index contributed by atoms with van der Waals surface area (Å²) in [5.74, 6) is 0.178. The van der Waals surface area contributed by atoms with Gasteiger partial charge in [-0.05, 0) is 31.0 Å². The molecule has 0 saturated carbocycles. The Morgan fingerprint density at radius 2 is 2.19 bits per heavy atom. The monoisotopic (exact) mass is 355 g/mol. The molecule has 26 heavy (non-hydrogen) atoms. The van der Waals surface area contributed by atoms with Crippen LogP contribution < -0.4 is 0 Å². The van der Waals surface area contributed by atoms with E-state index in [-0.39, 0.29) is 12.5 Å². The maximum atomic E-state index is 13.0. The fourth-order valence-electron chi connectivity index (χ4n) is 3.38. The van der Waals surface area contributed by atoms with Crippen molar-refractivity contribution in [3.05, 3.63) is 53.0 Å². The normalized spacial score (nSPS) is 15.7. The number of rotatable bonds is 3. The number of aliphatic hydroxyl groups is 2. The van der Waals surface area contributed by atoms with E-state index in [1.165, 1.54) is 0 Å². The molecule has 0 saturated heterocycles. The number of amides is 1. The fourth-order valence-corrected chi connectivity index (χ4v) is 3.38. The van der Waals surface area contributed by atoms with Gasteiger partial charge < -0.3 is 19.5 Å². The van der Waals surface area contributed by atoms with Crippen molar-refractivity contribution >= 4 is 16.9 Å². The Morgan fingerprint density at radius 1 is 1.35 bits per heavy atom. The molecule has 4 rings (SSSR count). The minimum Gasteiger partial charge on any atom is -0.451 e. The number of furan rings is 1.